The van der Waals surface area contributed by atoms with E-state index in [9.17, 15) is 9.59 Å². The number of aromatic nitrogens is 4. The van der Waals surface area contributed by atoms with Crippen molar-refractivity contribution in [2.24, 2.45) is 4.99 Å². The van der Waals surface area contributed by atoms with Crippen LogP contribution in [0.25, 0.3) is 11.5 Å². The molecule has 2 aliphatic heterocycles. The Morgan fingerprint density at radius 2 is 1.94 bits per heavy atom. The van der Waals surface area contributed by atoms with Gasteiger partial charge in [-0.2, -0.15) is 5.10 Å². The van der Waals surface area contributed by atoms with Crippen LogP contribution >= 0.6 is 11.8 Å². The lowest BCUT2D eigenvalue weighted by molar-refractivity contribution is -0.117. The second-order valence-electron chi connectivity index (χ2n) is 7.59. The smallest absolute Gasteiger partial charge is 0.267 e. The number of anilines is 1. The van der Waals surface area contributed by atoms with E-state index in [4.69, 9.17) is 0 Å². The highest BCUT2D eigenvalue weighted by molar-refractivity contribution is 8.16. The van der Waals surface area contributed by atoms with Gasteiger partial charge in [0.05, 0.1) is 17.9 Å². The van der Waals surface area contributed by atoms with Gasteiger partial charge in [0.25, 0.3) is 5.56 Å². The minimum Gasteiger partial charge on any atom is -0.324 e. The van der Waals surface area contributed by atoms with E-state index in [-0.39, 0.29) is 18.0 Å². The quantitative estimate of drug-likeness (QED) is 0.645. The molecule has 5 rings (SSSR count). The summed E-state index contributed by atoms with van der Waals surface area (Å²) in [5, 5.41) is 14.7. The molecule has 3 aromatic rings. The van der Waals surface area contributed by atoms with Gasteiger partial charge in [-0.1, -0.05) is 23.9 Å². The SMILES string of the molecule is Cc1cc(C)n(-c2ccc(=O)n(CC(=O)Nc3ccc(C4=CSC5=NCCN45)cc3)n2)n1. The molecule has 0 aliphatic carbocycles. The average Bonchev–Trinajstić information content (AvgIpc) is 3.46. The van der Waals surface area contributed by atoms with E-state index in [0.717, 1.165) is 45.6 Å². The molecule has 1 amide bonds. The number of rotatable bonds is 5. The van der Waals surface area contributed by atoms with Crippen LogP contribution in [0.4, 0.5) is 5.69 Å². The molecule has 0 saturated heterocycles. The molecular formula is C22H21N7O2S. The standard InChI is InChI=1S/C22H21N7O2S/c1-14-11-15(2)29(25-14)19-7-8-21(31)28(26-19)12-20(30)24-17-5-3-16(4-6-17)18-13-32-22-23-9-10-27(18)22/h3-8,11,13H,9-10,12H2,1-2H3,(H,24,30). The van der Waals surface area contributed by atoms with Gasteiger partial charge in [-0.25, -0.2) is 9.36 Å². The fraction of sp³-hybridized carbons (Fsp3) is 0.227. The summed E-state index contributed by atoms with van der Waals surface area (Å²) < 4.78 is 2.79. The number of hydrogen-bond acceptors (Lipinski definition) is 7. The summed E-state index contributed by atoms with van der Waals surface area (Å²) in [4.78, 5) is 31.5. The van der Waals surface area contributed by atoms with Crippen molar-refractivity contribution >= 4 is 34.2 Å². The van der Waals surface area contributed by atoms with E-state index in [1.54, 1.807) is 22.5 Å². The number of amides is 1. The van der Waals surface area contributed by atoms with Crippen LogP contribution in [0.2, 0.25) is 0 Å². The van der Waals surface area contributed by atoms with Gasteiger partial charge in [0.15, 0.2) is 11.0 Å². The predicted octanol–water partition coefficient (Wildman–Crippen LogP) is 2.40. The number of aryl methyl sites for hydroxylation is 2. The molecule has 0 fully saturated rings. The first-order valence-electron chi connectivity index (χ1n) is 10.2. The molecule has 0 atom stereocenters. The van der Waals surface area contributed by atoms with Gasteiger partial charge in [0.1, 0.15) is 6.54 Å². The molecule has 0 radical (unpaired) electrons. The Morgan fingerprint density at radius 1 is 1.12 bits per heavy atom. The number of fused-ring (bicyclic) bond motifs is 1. The lowest BCUT2D eigenvalue weighted by Crippen LogP contribution is -2.30. The Morgan fingerprint density at radius 3 is 2.69 bits per heavy atom. The number of aliphatic imine (C=N–C) groups is 1. The zero-order valence-corrected chi connectivity index (χ0v) is 18.5. The third-order valence-corrected chi connectivity index (χ3v) is 6.11. The van der Waals surface area contributed by atoms with Gasteiger partial charge in [-0.3, -0.25) is 14.6 Å². The molecule has 10 heteroatoms. The third kappa shape index (κ3) is 3.84. The minimum atomic E-state index is -0.352. The molecule has 1 aromatic carbocycles. The topological polar surface area (TPSA) is 97.4 Å². The average molecular weight is 448 g/mol. The Kier molecular flexibility index (Phi) is 5.14. The Bertz CT molecular complexity index is 1320. The molecule has 2 aromatic heterocycles. The number of benzene rings is 1. The van der Waals surface area contributed by atoms with E-state index in [1.807, 2.05) is 44.2 Å². The Labute approximate surface area is 188 Å². The van der Waals surface area contributed by atoms with Gasteiger partial charge in [-0.15, -0.1) is 5.10 Å². The Hall–Kier alpha value is -3.66. The highest BCUT2D eigenvalue weighted by Gasteiger charge is 2.26. The first-order chi connectivity index (χ1) is 15.5. The summed E-state index contributed by atoms with van der Waals surface area (Å²) in [5.41, 5.74) is 4.24. The normalized spacial score (nSPS) is 14.9. The van der Waals surface area contributed by atoms with Crippen LogP contribution in [-0.2, 0) is 11.3 Å². The summed E-state index contributed by atoms with van der Waals surface area (Å²) in [6, 6.07) is 12.6. The van der Waals surface area contributed by atoms with E-state index < -0.39 is 0 Å². The van der Waals surface area contributed by atoms with Gasteiger partial charge in [-0.05, 0) is 43.7 Å². The largest absolute Gasteiger partial charge is 0.324 e. The molecule has 0 bridgehead atoms. The zero-order valence-electron chi connectivity index (χ0n) is 17.6. The van der Waals surface area contributed by atoms with Crippen molar-refractivity contribution in [2.45, 2.75) is 20.4 Å². The second-order valence-corrected chi connectivity index (χ2v) is 8.43. The first-order valence-corrected chi connectivity index (χ1v) is 11.1. The molecule has 0 spiro atoms. The number of thioether (sulfide) groups is 1. The van der Waals surface area contributed by atoms with E-state index in [0.29, 0.717) is 11.5 Å². The minimum absolute atomic E-state index is 0.191. The highest BCUT2D eigenvalue weighted by atomic mass is 32.2. The summed E-state index contributed by atoms with van der Waals surface area (Å²) in [5.74, 6) is 0.155. The van der Waals surface area contributed by atoms with Crippen LogP contribution in [0.3, 0.4) is 0 Å². The van der Waals surface area contributed by atoms with Crippen LogP contribution in [0, 0.1) is 13.8 Å². The number of amidine groups is 1. The van der Waals surface area contributed by atoms with Crippen LogP contribution in [0.15, 0.2) is 57.7 Å². The maximum absolute atomic E-state index is 12.6. The first kappa shape index (κ1) is 20.3. The highest BCUT2D eigenvalue weighted by Crippen LogP contribution is 2.35. The van der Waals surface area contributed by atoms with Crippen molar-refractivity contribution in [3.8, 4) is 5.82 Å². The summed E-state index contributed by atoms with van der Waals surface area (Å²) in [6.07, 6.45) is 0. The second kappa shape index (κ2) is 8.12. The lowest BCUT2D eigenvalue weighted by Gasteiger charge is -2.17. The van der Waals surface area contributed by atoms with Gasteiger partial charge >= 0.3 is 0 Å². The van der Waals surface area contributed by atoms with Crippen molar-refractivity contribution < 1.29 is 4.79 Å². The summed E-state index contributed by atoms with van der Waals surface area (Å²) in [6.45, 7) is 5.32. The fourth-order valence-electron chi connectivity index (χ4n) is 3.73. The third-order valence-electron chi connectivity index (χ3n) is 5.21. The molecule has 0 saturated carbocycles. The van der Waals surface area contributed by atoms with Gasteiger partial charge in [0, 0.05) is 29.4 Å². The Balaban J connectivity index is 1.28. The van der Waals surface area contributed by atoms with Gasteiger partial charge < -0.3 is 10.2 Å². The maximum atomic E-state index is 12.6. The number of hydrogen-bond donors (Lipinski definition) is 1. The van der Waals surface area contributed by atoms with Crippen molar-refractivity contribution in [3.63, 3.8) is 0 Å². The molecule has 1 N–H and O–H groups in total. The monoisotopic (exact) mass is 447 g/mol. The molecule has 0 unspecified atom stereocenters. The fourth-order valence-corrected chi connectivity index (χ4v) is 4.70. The number of nitrogens with one attached hydrogen (secondary N) is 1. The molecule has 2 aliphatic rings. The molecule has 4 heterocycles. The van der Waals surface area contributed by atoms with Crippen LogP contribution < -0.4 is 10.9 Å². The van der Waals surface area contributed by atoms with Crippen molar-refractivity contribution in [3.05, 3.63) is 75.2 Å². The summed E-state index contributed by atoms with van der Waals surface area (Å²) >= 11 is 1.63. The van der Waals surface area contributed by atoms with E-state index in [1.165, 1.54) is 6.07 Å². The van der Waals surface area contributed by atoms with Crippen molar-refractivity contribution in [1.82, 2.24) is 24.5 Å². The van der Waals surface area contributed by atoms with Crippen LogP contribution in [0.1, 0.15) is 17.0 Å². The van der Waals surface area contributed by atoms with Crippen molar-refractivity contribution in [1.29, 1.82) is 0 Å². The van der Waals surface area contributed by atoms with E-state index in [2.05, 4.69) is 30.8 Å². The predicted molar refractivity (Wildman–Crippen MR) is 125 cm³/mol. The number of carbonyl (C=O) groups excluding carboxylic acids is 1. The molecule has 32 heavy (non-hydrogen) atoms. The number of carbonyl (C=O) groups is 1. The zero-order chi connectivity index (χ0) is 22.2. The lowest BCUT2D eigenvalue weighted by atomic mass is 10.1. The molecule has 162 valence electrons. The number of nitrogens with zero attached hydrogens (tertiary/aromatic N) is 6. The van der Waals surface area contributed by atoms with Crippen LogP contribution in [-0.4, -0.2) is 48.6 Å². The maximum Gasteiger partial charge on any atom is 0.267 e. The van der Waals surface area contributed by atoms with Crippen LogP contribution in [0.5, 0.6) is 0 Å². The van der Waals surface area contributed by atoms with E-state index >= 15 is 0 Å². The molecule has 9 nitrogen and oxygen atoms in total. The van der Waals surface area contributed by atoms with Gasteiger partial charge in [0.2, 0.25) is 5.91 Å². The van der Waals surface area contributed by atoms with Crippen molar-refractivity contribution in [2.75, 3.05) is 18.4 Å². The molecular weight excluding hydrogens is 426 g/mol. The summed E-state index contributed by atoms with van der Waals surface area (Å²) in [7, 11) is 0.